The smallest absolute Gasteiger partial charge is 0.229 e. The Hall–Kier alpha value is -6.44. The van der Waals surface area contributed by atoms with Crippen molar-refractivity contribution in [1.29, 1.82) is 0 Å². The summed E-state index contributed by atoms with van der Waals surface area (Å²) in [7, 11) is 4.33. The maximum atomic E-state index is 5.01. The van der Waals surface area contributed by atoms with Crippen LogP contribution < -0.4 is 16.0 Å². The molecular weight excluding hydrogens is 783 g/mol. The average molecular weight is 842 g/mol. The Kier molecular flexibility index (Phi) is 12.6. The fourth-order valence-electron chi connectivity index (χ4n) is 9.02. The first-order chi connectivity index (χ1) is 30.7. The van der Waals surface area contributed by atoms with Crippen molar-refractivity contribution in [3.8, 4) is 11.4 Å². The van der Waals surface area contributed by atoms with E-state index in [2.05, 4.69) is 145 Å². The number of nitrogens with one attached hydrogen (secondary N) is 3. The van der Waals surface area contributed by atoms with E-state index in [4.69, 9.17) is 19.9 Å². The Morgan fingerprint density at radius 1 is 0.603 bits per heavy atom. The van der Waals surface area contributed by atoms with Gasteiger partial charge in [0.15, 0.2) is 0 Å². The van der Waals surface area contributed by atoms with Crippen molar-refractivity contribution in [1.82, 2.24) is 48.8 Å². The second kappa shape index (κ2) is 18.9. The van der Waals surface area contributed by atoms with Crippen molar-refractivity contribution in [2.75, 3.05) is 43.1 Å². The minimum absolute atomic E-state index is 0.201. The number of hydrogen-bond acceptors (Lipinski definition) is 11. The van der Waals surface area contributed by atoms with Gasteiger partial charge in [0.1, 0.15) is 17.5 Å². The monoisotopic (exact) mass is 842 g/mol. The van der Waals surface area contributed by atoms with Gasteiger partial charge in [0.05, 0.1) is 17.1 Å². The minimum Gasteiger partial charge on any atom is -0.367 e. The highest BCUT2D eigenvalue weighted by Crippen LogP contribution is 2.32. The van der Waals surface area contributed by atoms with Crippen molar-refractivity contribution < 1.29 is 0 Å². The predicted octanol–water partition coefficient (Wildman–Crippen LogP) is 9.30. The largest absolute Gasteiger partial charge is 0.367 e. The van der Waals surface area contributed by atoms with Crippen molar-refractivity contribution in [3.05, 3.63) is 149 Å². The molecule has 324 valence electrons. The van der Waals surface area contributed by atoms with Crippen LogP contribution in [-0.4, -0.2) is 82.1 Å². The highest BCUT2D eigenvalue weighted by atomic mass is 15.2. The van der Waals surface area contributed by atoms with E-state index in [1.54, 1.807) is 0 Å². The van der Waals surface area contributed by atoms with E-state index in [-0.39, 0.29) is 5.92 Å². The van der Waals surface area contributed by atoms with Crippen LogP contribution in [0.15, 0.2) is 104 Å². The first-order valence-corrected chi connectivity index (χ1v) is 22.5. The molecule has 0 spiro atoms. The third kappa shape index (κ3) is 9.80. The van der Waals surface area contributed by atoms with Crippen LogP contribution in [-0.2, 0) is 25.9 Å². The summed E-state index contributed by atoms with van der Waals surface area (Å²) in [6.07, 6.45) is 15.9. The second-order valence-electron chi connectivity index (χ2n) is 17.3. The van der Waals surface area contributed by atoms with E-state index in [1.165, 1.54) is 54.5 Å². The molecule has 6 heterocycles. The predicted molar refractivity (Wildman–Crippen MR) is 252 cm³/mol. The molecule has 0 radical (unpaired) electrons. The van der Waals surface area contributed by atoms with Gasteiger partial charge in [-0.25, -0.2) is 24.9 Å². The van der Waals surface area contributed by atoms with E-state index < -0.39 is 0 Å². The van der Waals surface area contributed by atoms with Gasteiger partial charge in [0.25, 0.3) is 0 Å². The maximum absolute atomic E-state index is 5.01. The lowest BCUT2D eigenvalue weighted by Gasteiger charge is -2.29. The minimum atomic E-state index is 0.201. The Morgan fingerprint density at radius 3 is 1.67 bits per heavy atom. The molecule has 1 unspecified atom stereocenters. The van der Waals surface area contributed by atoms with Crippen LogP contribution >= 0.6 is 0 Å². The first-order valence-electron chi connectivity index (χ1n) is 22.5. The summed E-state index contributed by atoms with van der Waals surface area (Å²) in [6, 6.07) is 27.7. The van der Waals surface area contributed by atoms with E-state index in [0.29, 0.717) is 17.9 Å². The maximum Gasteiger partial charge on any atom is 0.229 e. The van der Waals surface area contributed by atoms with Crippen LogP contribution in [0.1, 0.15) is 90.4 Å². The second-order valence-corrected chi connectivity index (χ2v) is 17.3. The fraction of sp³-hybridized carbons (Fsp3) is 0.360. The Balaban J connectivity index is 0.000000160. The summed E-state index contributed by atoms with van der Waals surface area (Å²) in [5.41, 5.74) is 11.4. The summed E-state index contributed by atoms with van der Waals surface area (Å²) < 4.78 is 4.14. The van der Waals surface area contributed by atoms with Crippen molar-refractivity contribution in [2.24, 2.45) is 0 Å². The lowest BCUT2D eigenvalue weighted by atomic mass is 9.91. The number of imidazole rings is 2. The zero-order chi connectivity index (χ0) is 43.3. The molecule has 2 aliphatic heterocycles. The SMILES string of the molecule is Cc1nccn1-c1ccc(Nc2nc3c(c(C(C)c4ccccc4)n2)CN(C)CC3)cc1.Cc1nccn1-c1ccc(Nc2nc3c(c(NC4CCCCC4)n2)CN(C)CC3)cc1. The molecule has 3 aromatic carbocycles. The standard InChI is InChI=1S/C26H28N6.C24H31N7/c1-18(20-7-5-4-6-8-20)25-23-17-31(3)15-13-24(23)29-26(30-25)28-21-9-11-22(12-10-21)32-16-14-27-19(32)2;1-17-25-13-15-31(17)20-10-8-19(9-11-20)27-24-28-22-12-14-30(2)16-21(22)23(29-24)26-18-6-4-3-5-7-18/h4-12,14,16,18H,13,15,17H2,1-3H3,(H,28,29,30);8-11,13,15,18H,3-7,12,14,16H2,1-2H3,(H2,26,27,28,29). The number of fused-ring (bicyclic) bond motifs is 2. The van der Waals surface area contributed by atoms with Gasteiger partial charge in [-0.15, -0.1) is 0 Å². The van der Waals surface area contributed by atoms with Gasteiger partial charge >= 0.3 is 0 Å². The number of aromatic nitrogens is 8. The third-order valence-electron chi connectivity index (χ3n) is 12.6. The quantitative estimate of drug-likeness (QED) is 0.122. The molecule has 3 N–H and O–H groups in total. The molecule has 1 saturated carbocycles. The lowest BCUT2D eigenvalue weighted by Crippen LogP contribution is -2.31. The van der Waals surface area contributed by atoms with Crippen LogP contribution in [0.2, 0.25) is 0 Å². The van der Waals surface area contributed by atoms with E-state index >= 15 is 0 Å². The number of rotatable bonds is 10. The van der Waals surface area contributed by atoms with Crippen LogP contribution in [0, 0.1) is 13.8 Å². The lowest BCUT2D eigenvalue weighted by molar-refractivity contribution is 0.307. The van der Waals surface area contributed by atoms with E-state index in [9.17, 15) is 0 Å². The summed E-state index contributed by atoms with van der Waals surface area (Å²) in [5, 5.41) is 10.6. The molecule has 3 aliphatic rings. The van der Waals surface area contributed by atoms with Gasteiger partial charge in [-0.2, -0.15) is 4.98 Å². The number of nitrogens with zero attached hydrogens (tertiary/aromatic N) is 10. The van der Waals surface area contributed by atoms with Gasteiger partial charge in [-0.3, -0.25) is 0 Å². The molecule has 13 nitrogen and oxygen atoms in total. The van der Waals surface area contributed by atoms with Gasteiger partial charge in [-0.1, -0.05) is 56.5 Å². The number of aryl methyl sites for hydroxylation is 2. The first kappa shape index (κ1) is 41.9. The van der Waals surface area contributed by atoms with Gasteiger partial charge in [0, 0.05) is 110 Å². The van der Waals surface area contributed by atoms with Crippen molar-refractivity contribution in [3.63, 3.8) is 0 Å². The Bertz CT molecular complexity index is 2610. The highest BCUT2D eigenvalue weighted by Gasteiger charge is 2.25. The molecule has 0 bridgehead atoms. The van der Waals surface area contributed by atoms with Gasteiger partial charge in [0.2, 0.25) is 11.9 Å². The summed E-state index contributed by atoms with van der Waals surface area (Å²) in [6.45, 7) is 10.1. The molecule has 63 heavy (non-hydrogen) atoms. The Labute approximate surface area is 371 Å². The zero-order valence-corrected chi connectivity index (χ0v) is 37.2. The highest BCUT2D eigenvalue weighted by molar-refractivity contribution is 5.60. The number of likely N-dealkylation sites (N-methyl/N-ethyl adjacent to an activating group) is 2. The normalized spacial score (nSPS) is 16.0. The number of anilines is 5. The number of hydrogen-bond donors (Lipinski definition) is 3. The van der Waals surface area contributed by atoms with Crippen LogP contribution in [0.3, 0.4) is 0 Å². The average Bonchev–Trinajstić information content (AvgIpc) is 3.95. The van der Waals surface area contributed by atoms with Crippen LogP contribution in [0.25, 0.3) is 11.4 Å². The van der Waals surface area contributed by atoms with E-state index in [1.807, 2.05) is 38.6 Å². The molecule has 4 aromatic heterocycles. The third-order valence-corrected chi connectivity index (χ3v) is 12.6. The van der Waals surface area contributed by atoms with Crippen LogP contribution in [0.5, 0.6) is 0 Å². The molecule has 0 amide bonds. The summed E-state index contributed by atoms with van der Waals surface area (Å²) >= 11 is 0. The fourth-order valence-corrected chi connectivity index (χ4v) is 9.02. The molecule has 1 fully saturated rings. The van der Waals surface area contributed by atoms with Crippen molar-refractivity contribution in [2.45, 2.75) is 90.8 Å². The molecule has 1 atom stereocenters. The van der Waals surface area contributed by atoms with Crippen LogP contribution in [0.4, 0.5) is 29.1 Å². The number of benzene rings is 3. The van der Waals surface area contributed by atoms with E-state index in [0.717, 1.165) is 90.6 Å². The molecule has 10 rings (SSSR count). The molecular formula is C50H59N13. The molecule has 0 saturated heterocycles. The van der Waals surface area contributed by atoms with Crippen molar-refractivity contribution >= 4 is 29.1 Å². The van der Waals surface area contributed by atoms with Gasteiger partial charge < -0.3 is 34.9 Å². The molecule has 1 aliphatic carbocycles. The summed E-state index contributed by atoms with van der Waals surface area (Å²) in [5.74, 6) is 4.49. The van der Waals surface area contributed by atoms with Gasteiger partial charge in [-0.05, 0) is 94.9 Å². The summed E-state index contributed by atoms with van der Waals surface area (Å²) in [4.78, 5) is 33.0. The zero-order valence-electron chi connectivity index (χ0n) is 37.2. The Morgan fingerprint density at radius 2 is 1.13 bits per heavy atom. The topological polar surface area (TPSA) is 130 Å². The molecule has 7 aromatic rings. The molecule has 13 heteroatoms.